The SMILES string of the molecule is C=CC(F)(F)C(F)(F)c1ccc(C)cc1. The van der Waals surface area contributed by atoms with Crippen molar-refractivity contribution >= 4 is 0 Å². The Balaban J connectivity index is 3.16. The average Bonchev–Trinajstić information content (AvgIpc) is 2.18. The van der Waals surface area contributed by atoms with Crippen LogP contribution >= 0.6 is 0 Å². The second kappa shape index (κ2) is 3.68. The highest BCUT2D eigenvalue weighted by Gasteiger charge is 2.54. The second-order valence-corrected chi connectivity index (χ2v) is 3.27. The topological polar surface area (TPSA) is 0 Å². The Morgan fingerprint density at radius 1 is 1.07 bits per heavy atom. The lowest BCUT2D eigenvalue weighted by Gasteiger charge is -2.23. The van der Waals surface area contributed by atoms with Gasteiger partial charge in [0.1, 0.15) is 0 Å². The van der Waals surface area contributed by atoms with Crippen LogP contribution in [0.3, 0.4) is 0 Å². The predicted octanol–water partition coefficient (Wildman–Crippen LogP) is 3.91. The maximum Gasteiger partial charge on any atom is 0.339 e. The van der Waals surface area contributed by atoms with Crippen molar-refractivity contribution < 1.29 is 17.6 Å². The van der Waals surface area contributed by atoms with Crippen molar-refractivity contribution in [1.29, 1.82) is 0 Å². The Hall–Kier alpha value is -1.32. The molecule has 0 heterocycles. The van der Waals surface area contributed by atoms with E-state index in [1.807, 2.05) is 0 Å². The van der Waals surface area contributed by atoms with E-state index < -0.39 is 17.4 Å². The van der Waals surface area contributed by atoms with Gasteiger partial charge in [0.25, 0.3) is 0 Å². The Kier molecular flexibility index (Phi) is 2.88. The van der Waals surface area contributed by atoms with Gasteiger partial charge in [0, 0.05) is 5.56 Å². The summed E-state index contributed by atoms with van der Waals surface area (Å²) in [5.41, 5.74) is 0.0227. The summed E-state index contributed by atoms with van der Waals surface area (Å²) in [6, 6.07) is 4.71. The summed E-state index contributed by atoms with van der Waals surface area (Å²) in [5.74, 6) is -8.45. The molecule has 0 fully saturated rings. The minimum absolute atomic E-state index is 0.0349. The third-order valence-corrected chi connectivity index (χ3v) is 2.09. The molecule has 0 radical (unpaired) electrons. The minimum atomic E-state index is -4.23. The standard InChI is InChI=1S/C11H10F4/c1-3-10(12,13)11(14,15)9-6-4-8(2)5-7-9/h3-7H,1H2,2H3. The smallest absolute Gasteiger partial charge is 0.195 e. The lowest BCUT2D eigenvalue weighted by Crippen LogP contribution is -2.35. The third-order valence-electron chi connectivity index (χ3n) is 2.09. The van der Waals surface area contributed by atoms with E-state index in [1.54, 1.807) is 6.92 Å². The summed E-state index contributed by atoms with van der Waals surface area (Å²) >= 11 is 0. The van der Waals surface area contributed by atoms with Crippen LogP contribution in [0.5, 0.6) is 0 Å². The fraction of sp³-hybridized carbons (Fsp3) is 0.273. The van der Waals surface area contributed by atoms with Gasteiger partial charge in [-0.1, -0.05) is 36.4 Å². The quantitative estimate of drug-likeness (QED) is 0.533. The van der Waals surface area contributed by atoms with Crippen molar-refractivity contribution in [3.63, 3.8) is 0 Å². The number of hydrogen-bond donors (Lipinski definition) is 0. The van der Waals surface area contributed by atoms with Crippen molar-refractivity contribution in [3.05, 3.63) is 48.0 Å². The fourth-order valence-electron chi connectivity index (χ4n) is 1.08. The molecular weight excluding hydrogens is 208 g/mol. The van der Waals surface area contributed by atoms with E-state index in [9.17, 15) is 17.6 Å². The largest absolute Gasteiger partial charge is 0.339 e. The molecule has 0 saturated heterocycles. The van der Waals surface area contributed by atoms with Crippen LogP contribution in [0.2, 0.25) is 0 Å². The molecule has 0 amide bonds. The van der Waals surface area contributed by atoms with Gasteiger partial charge in [0.2, 0.25) is 0 Å². The number of allylic oxidation sites excluding steroid dienone is 1. The Morgan fingerprint density at radius 2 is 1.53 bits per heavy atom. The molecule has 0 aliphatic rings. The van der Waals surface area contributed by atoms with Gasteiger partial charge in [0.15, 0.2) is 0 Å². The number of alkyl halides is 4. The lowest BCUT2D eigenvalue weighted by atomic mass is 10.0. The Bertz CT molecular complexity index is 351. The number of hydrogen-bond acceptors (Lipinski definition) is 0. The van der Waals surface area contributed by atoms with E-state index in [-0.39, 0.29) is 6.08 Å². The molecular formula is C11H10F4. The molecule has 0 unspecified atom stereocenters. The highest BCUT2D eigenvalue weighted by molar-refractivity contribution is 5.28. The van der Waals surface area contributed by atoms with E-state index >= 15 is 0 Å². The summed E-state index contributed by atoms with van der Waals surface area (Å²) in [7, 11) is 0. The van der Waals surface area contributed by atoms with E-state index in [2.05, 4.69) is 6.58 Å². The molecule has 1 aromatic rings. The summed E-state index contributed by atoms with van der Waals surface area (Å²) in [6.45, 7) is 4.40. The van der Waals surface area contributed by atoms with Crippen LogP contribution in [0.1, 0.15) is 11.1 Å². The molecule has 82 valence electrons. The van der Waals surface area contributed by atoms with E-state index in [1.165, 1.54) is 12.1 Å². The molecule has 0 spiro atoms. The normalized spacial score (nSPS) is 12.6. The van der Waals surface area contributed by atoms with Gasteiger partial charge in [-0.2, -0.15) is 17.6 Å². The van der Waals surface area contributed by atoms with Gasteiger partial charge >= 0.3 is 11.8 Å². The Morgan fingerprint density at radius 3 is 1.93 bits per heavy atom. The molecule has 1 aromatic carbocycles. The van der Waals surface area contributed by atoms with Crippen molar-refractivity contribution in [2.24, 2.45) is 0 Å². The van der Waals surface area contributed by atoms with Gasteiger partial charge < -0.3 is 0 Å². The highest BCUT2D eigenvalue weighted by atomic mass is 19.3. The van der Waals surface area contributed by atoms with Crippen molar-refractivity contribution in [2.75, 3.05) is 0 Å². The summed E-state index contributed by atoms with van der Waals surface area (Å²) in [5, 5.41) is 0. The van der Waals surface area contributed by atoms with Gasteiger partial charge in [-0.15, -0.1) is 0 Å². The zero-order valence-electron chi connectivity index (χ0n) is 8.11. The first-order valence-electron chi connectivity index (χ1n) is 4.27. The van der Waals surface area contributed by atoms with E-state index in [4.69, 9.17) is 0 Å². The first-order valence-corrected chi connectivity index (χ1v) is 4.27. The predicted molar refractivity (Wildman–Crippen MR) is 50.2 cm³/mol. The minimum Gasteiger partial charge on any atom is -0.195 e. The maximum atomic E-state index is 13.2. The zero-order chi connectivity index (χ0) is 11.7. The van der Waals surface area contributed by atoms with Crippen molar-refractivity contribution in [3.8, 4) is 0 Å². The second-order valence-electron chi connectivity index (χ2n) is 3.27. The third kappa shape index (κ3) is 2.03. The average molecular weight is 218 g/mol. The number of halogens is 4. The Labute approximate surface area is 85.2 Å². The molecule has 4 heteroatoms. The van der Waals surface area contributed by atoms with Crippen LogP contribution in [0.15, 0.2) is 36.9 Å². The van der Waals surface area contributed by atoms with E-state index in [0.29, 0.717) is 0 Å². The lowest BCUT2D eigenvalue weighted by molar-refractivity contribution is -0.186. The number of rotatable bonds is 3. The zero-order valence-corrected chi connectivity index (χ0v) is 8.11. The number of benzene rings is 1. The molecule has 0 nitrogen and oxygen atoms in total. The first-order chi connectivity index (χ1) is 6.81. The van der Waals surface area contributed by atoms with Gasteiger partial charge in [-0.05, 0) is 13.0 Å². The van der Waals surface area contributed by atoms with Gasteiger partial charge in [0.05, 0.1) is 0 Å². The molecule has 1 rings (SSSR count). The summed E-state index contributed by atoms with van der Waals surface area (Å²) in [6.07, 6.45) is -0.0349. The van der Waals surface area contributed by atoms with Gasteiger partial charge in [-0.3, -0.25) is 0 Å². The molecule has 0 aliphatic carbocycles. The molecule has 0 aromatic heterocycles. The van der Waals surface area contributed by atoms with Crippen LogP contribution in [-0.4, -0.2) is 5.92 Å². The molecule has 15 heavy (non-hydrogen) atoms. The van der Waals surface area contributed by atoms with Crippen LogP contribution in [-0.2, 0) is 5.92 Å². The molecule has 0 bridgehead atoms. The molecule has 0 saturated carbocycles. The summed E-state index contributed by atoms with van der Waals surface area (Å²) in [4.78, 5) is 0. The monoisotopic (exact) mass is 218 g/mol. The molecule has 0 atom stereocenters. The molecule has 0 N–H and O–H groups in total. The van der Waals surface area contributed by atoms with Crippen LogP contribution < -0.4 is 0 Å². The van der Waals surface area contributed by atoms with Crippen LogP contribution in [0.4, 0.5) is 17.6 Å². The highest BCUT2D eigenvalue weighted by Crippen LogP contribution is 2.43. The number of aryl methyl sites for hydroxylation is 1. The van der Waals surface area contributed by atoms with Crippen LogP contribution in [0.25, 0.3) is 0 Å². The van der Waals surface area contributed by atoms with Gasteiger partial charge in [-0.25, -0.2) is 0 Å². The van der Waals surface area contributed by atoms with E-state index in [0.717, 1.165) is 17.7 Å². The molecule has 0 aliphatic heterocycles. The first kappa shape index (κ1) is 11.8. The fourth-order valence-corrected chi connectivity index (χ4v) is 1.08. The summed E-state index contributed by atoms with van der Waals surface area (Å²) < 4.78 is 52.2. The van der Waals surface area contributed by atoms with Crippen molar-refractivity contribution in [1.82, 2.24) is 0 Å². The van der Waals surface area contributed by atoms with Crippen molar-refractivity contribution in [2.45, 2.75) is 18.8 Å². The van der Waals surface area contributed by atoms with Crippen LogP contribution in [0, 0.1) is 6.92 Å². The maximum absolute atomic E-state index is 13.2.